The average molecular weight is 250 g/mol. The molecule has 0 amide bonds. The predicted octanol–water partition coefficient (Wildman–Crippen LogP) is 2.36. The highest BCUT2D eigenvalue weighted by Gasteiger charge is 2.11. The van der Waals surface area contributed by atoms with Gasteiger partial charge < -0.3 is 10.5 Å². The summed E-state index contributed by atoms with van der Waals surface area (Å²) in [7, 11) is 0. The average Bonchev–Trinajstić information content (AvgIpc) is 2.39. The van der Waals surface area contributed by atoms with E-state index in [1.165, 1.54) is 19.0 Å². The van der Waals surface area contributed by atoms with E-state index in [9.17, 15) is 0 Å². The highest BCUT2D eigenvalue weighted by Crippen LogP contribution is 2.17. The van der Waals surface area contributed by atoms with E-state index in [1.54, 1.807) is 6.07 Å². The third-order valence-corrected chi connectivity index (χ3v) is 2.98. The summed E-state index contributed by atoms with van der Waals surface area (Å²) in [6, 6.07) is 1.65. The molecule has 0 fully saturated rings. The molecule has 3 N–H and O–H groups in total. The SMILES string of the molecule is CCCCC(CC)COc1nnccc1C(=N)N. The molecule has 0 aliphatic rings. The first kappa shape index (κ1) is 14.4. The van der Waals surface area contributed by atoms with Crippen LogP contribution in [0.15, 0.2) is 12.3 Å². The topological polar surface area (TPSA) is 84.9 Å². The lowest BCUT2D eigenvalue weighted by molar-refractivity contribution is 0.223. The van der Waals surface area contributed by atoms with Crippen molar-refractivity contribution in [2.75, 3.05) is 6.61 Å². The number of hydrogen-bond acceptors (Lipinski definition) is 4. The van der Waals surface area contributed by atoms with Crippen molar-refractivity contribution in [2.45, 2.75) is 39.5 Å². The Balaban J connectivity index is 2.59. The van der Waals surface area contributed by atoms with Gasteiger partial charge in [0.15, 0.2) is 0 Å². The maximum Gasteiger partial charge on any atom is 0.244 e. The summed E-state index contributed by atoms with van der Waals surface area (Å²) in [5.74, 6) is 0.841. The number of rotatable bonds is 8. The van der Waals surface area contributed by atoms with Gasteiger partial charge in [-0.1, -0.05) is 33.1 Å². The van der Waals surface area contributed by atoms with Crippen LogP contribution >= 0.6 is 0 Å². The molecule has 1 rings (SSSR count). The largest absolute Gasteiger partial charge is 0.476 e. The standard InChI is InChI=1S/C13H22N4O/c1-3-5-6-10(4-2)9-18-13-11(12(14)15)7-8-16-17-13/h7-8,10H,3-6,9H2,1-2H3,(H3,14,15). The van der Waals surface area contributed by atoms with Crippen molar-refractivity contribution >= 4 is 5.84 Å². The number of unbranched alkanes of at least 4 members (excludes halogenated alkanes) is 1. The fourth-order valence-corrected chi connectivity index (χ4v) is 1.73. The molecule has 0 aliphatic heterocycles. The van der Waals surface area contributed by atoms with Crippen LogP contribution in [0.2, 0.25) is 0 Å². The van der Waals surface area contributed by atoms with E-state index >= 15 is 0 Å². The Bertz CT molecular complexity index is 381. The molecule has 100 valence electrons. The van der Waals surface area contributed by atoms with Crippen LogP contribution in [0.4, 0.5) is 0 Å². The van der Waals surface area contributed by atoms with Gasteiger partial charge in [-0.15, -0.1) is 5.10 Å². The van der Waals surface area contributed by atoms with Gasteiger partial charge in [0.1, 0.15) is 5.84 Å². The van der Waals surface area contributed by atoms with Gasteiger partial charge in [-0.3, -0.25) is 5.41 Å². The summed E-state index contributed by atoms with van der Waals surface area (Å²) in [6.07, 6.45) is 6.15. The molecule has 1 aromatic rings. The van der Waals surface area contributed by atoms with Crippen LogP contribution in [-0.4, -0.2) is 22.6 Å². The van der Waals surface area contributed by atoms with Crippen molar-refractivity contribution in [1.29, 1.82) is 5.41 Å². The molecule has 1 atom stereocenters. The van der Waals surface area contributed by atoms with Crippen molar-refractivity contribution in [2.24, 2.45) is 11.7 Å². The van der Waals surface area contributed by atoms with Crippen molar-refractivity contribution in [1.82, 2.24) is 10.2 Å². The predicted molar refractivity (Wildman–Crippen MR) is 71.8 cm³/mol. The second kappa shape index (κ2) is 7.63. The molecule has 0 saturated carbocycles. The Labute approximate surface area is 108 Å². The van der Waals surface area contributed by atoms with Crippen LogP contribution in [0, 0.1) is 11.3 Å². The van der Waals surface area contributed by atoms with Gasteiger partial charge in [-0.25, -0.2) is 0 Å². The van der Waals surface area contributed by atoms with E-state index in [0.717, 1.165) is 12.8 Å². The highest BCUT2D eigenvalue weighted by atomic mass is 16.5. The molecule has 0 radical (unpaired) electrons. The second-order valence-electron chi connectivity index (χ2n) is 4.39. The molecule has 5 heteroatoms. The fraction of sp³-hybridized carbons (Fsp3) is 0.615. The minimum Gasteiger partial charge on any atom is -0.476 e. The van der Waals surface area contributed by atoms with Crippen molar-refractivity contribution in [3.8, 4) is 5.88 Å². The minimum atomic E-state index is -0.0403. The normalized spacial score (nSPS) is 12.1. The van der Waals surface area contributed by atoms with Crippen molar-refractivity contribution in [3.05, 3.63) is 17.8 Å². The minimum absolute atomic E-state index is 0.0403. The lowest BCUT2D eigenvalue weighted by atomic mass is 10.0. The van der Waals surface area contributed by atoms with Crippen molar-refractivity contribution < 1.29 is 4.74 Å². The Morgan fingerprint density at radius 1 is 1.50 bits per heavy atom. The number of hydrogen-bond donors (Lipinski definition) is 2. The van der Waals surface area contributed by atoms with Gasteiger partial charge in [-0.05, 0) is 18.4 Å². The van der Waals surface area contributed by atoms with Crippen LogP contribution in [0.1, 0.15) is 45.1 Å². The molecule has 1 unspecified atom stereocenters. The monoisotopic (exact) mass is 250 g/mol. The zero-order valence-corrected chi connectivity index (χ0v) is 11.1. The maximum absolute atomic E-state index is 7.45. The van der Waals surface area contributed by atoms with Crippen LogP contribution in [-0.2, 0) is 0 Å². The smallest absolute Gasteiger partial charge is 0.244 e. The summed E-state index contributed by atoms with van der Waals surface area (Å²) in [4.78, 5) is 0. The zero-order valence-electron chi connectivity index (χ0n) is 11.1. The van der Waals surface area contributed by atoms with Gasteiger partial charge in [0.25, 0.3) is 0 Å². The van der Waals surface area contributed by atoms with Crippen molar-refractivity contribution in [3.63, 3.8) is 0 Å². The maximum atomic E-state index is 7.45. The molecule has 5 nitrogen and oxygen atoms in total. The summed E-state index contributed by atoms with van der Waals surface area (Å²) >= 11 is 0. The lowest BCUT2D eigenvalue weighted by Crippen LogP contribution is -2.17. The summed E-state index contributed by atoms with van der Waals surface area (Å²) in [5.41, 5.74) is 5.98. The first-order chi connectivity index (χ1) is 8.69. The highest BCUT2D eigenvalue weighted by molar-refractivity contribution is 5.96. The molecule has 0 saturated heterocycles. The number of nitrogens with zero attached hydrogens (tertiary/aromatic N) is 2. The van der Waals surface area contributed by atoms with Gasteiger partial charge in [-0.2, -0.15) is 5.10 Å². The molecule has 1 heterocycles. The van der Waals surface area contributed by atoms with E-state index in [0.29, 0.717) is 24.0 Å². The Hall–Kier alpha value is -1.65. The molecule has 18 heavy (non-hydrogen) atoms. The van der Waals surface area contributed by atoms with Gasteiger partial charge in [0.2, 0.25) is 5.88 Å². The lowest BCUT2D eigenvalue weighted by Gasteiger charge is -2.15. The number of nitrogens with two attached hydrogens (primary N) is 1. The Morgan fingerprint density at radius 3 is 2.89 bits per heavy atom. The summed E-state index contributed by atoms with van der Waals surface area (Å²) in [6.45, 7) is 4.95. The van der Waals surface area contributed by atoms with Crippen LogP contribution < -0.4 is 10.5 Å². The molecule has 0 aromatic carbocycles. The molecule has 0 aliphatic carbocycles. The third-order valence-electron chi connectivity index (χ3n) is 2.98. The zero-order chi connectivity index (χ0) is 13.4. The van der Waals surface area contributed by atoms with E-state index in [4.69, 9.17) is 15.9 Å². The number of amidine groups is 1. The van der Waals surface area contributed by atoms with Crippen LogP contribution in [0.5, 0.6) is 5.88 Å². The summed E-state index contributed by atoms with van der Waals surface area (Å²) < 4.78 is 5.65. The Kier molecular flexibility index (Phi) is 6.11. The first-order valence-electron chi connectivity index (χ1n) is 6.47. The molecular formula is C13H22N4O. The number of aromatic nitrogens is 2. The number of nitrogen functional groups attached to an aromatic ring is 1. The van der Waals surface area contributed by atoms with E-state index in [1.807, 2.05) is 0 Å². The third kappa shape index (κ3) is 4.31. The van der Waals surface area contributed by atoms with E-state index in [-0.39, 0.29) is 5.84 Å². The van der Waals surface area contributed by atoms with Crippen LogP contribution in [0.25, 0.3) is 0 Å². The van der Waals surface area contributed by atoms with E-state index < -0.39 is 0 Å². The molecule has 0 bridgehead atoms. The molecule has 1 aromatic heterocycles. The Morgan fingerprint density at radius 2 is 2.28 bits per heavy atom. The first-order valence-corrected chi connectivity index (χ1v) is 6.47. The molecule has 0 spiro atoms. The fourth-order valence-electron chi connectivity index (χ4n) is 1.73. The summed E-state index contributed by atoms with van der Waals surface area (Å²) in [5, 5.41) is 15.1. The second-order valence-corrected chi connectivity index (χ2v) is 4.39. The molecular weight excluding hydrogens is 228 g/mol. The van der Waals surface area contributed by atoms with Gasteiger partial charge in [0, 0.05) is 0 Å². The van der Waals surface area contributed by atoms with Crippen LogP contribution in [0.3, 0.4) is 0 Å². The van der Waals surface area contributed by atoms with Gasteiger partial charge in [0.05, 0.1) is 18.4 Å². The number of nitrogens with one attached hydrogen (secondary N) is 1. The van der Waals surface area contributed by atoms with E-state index in [2.05, 4.69) is 24.0 Å². The number of ether oxygens (including phenoxy) is 1. The van der Waals surface area contributed by atoms with Gasteiger partial charge >= 0.3 is 0 Å². The quantitative estimate of drug-likeness (QED) is 0.548.